The monoisotopic (exact) mass is 402 g/mol. The first-order chi connectivity index (χ1) is 11.5. The Labute approximate surface area is 160 Å². The van der Waals surface area contributed by atoms with E-state index in [0.717, 1.165) is 0 Å². The van der Waals surface area contributed by atoms with Crippen molar-refractivity contribution in [3.63, 3.8) is 0 Å². The molecule has 0 aliphatic heterocycles. The Morgan fingerprint density at radius 1 is 0.583 bits per heavy atom. The van der Waals surface area contributed by atoms with E-state index in [1.54, 1.807) is 4.50 Å². The van der Waals surface area contributed by atoms with Gasteiger partial charge in [0.25, 0.3) is 0 Å². The maximum Gasteiger partial charge on any atom is 0.0904 e. The van der Waals surface area contributed by atoms with Crippen molar-refractivity contribution in [2.24, 2.45) is 0 Å². The summed E-state index contributed by atoms with van der Waals surface area (Å²) in [7, 11) is -1.20. The summed E-state index contributed by atoms with van der Waals surface area (Å²) in [5, 5.41) is 2.14. The molecule has 0 spiro atoms. The Balaban J connectivity index is 1.62. The summed E-state index contributed by atoms with van der Waals surface area (Å²) in [6.07, 6.45) is 0. The standard InChI is InChI=1S/C19H18S4Si/c1-24(2,3)19-11-10-18(23-19)17-9-8-16(22-17)15-7-6-14(21-15)13-5-4-12-20-13/h4-12H,1-3H3. The van der Waals surface area contributed by atoms with Crippen LogP contribution in [0.5, 0.6) is 0 Å². The molecule has 0 amide bonds. The average molecular weight is 403 g/mol. The summed E-state index contributed by atoms with van der Waals surface area (Å²) in [4.78, 5) is 8.29. The van der Waals surface area contributed by atoms with Crippen molar-refractivity contribution in [2.45, 2.75) is 19.6 Å². The molecule has 0 nitrogen and oxygen atoms in total. The van der Waals surface area contributed by atoms with E-state index >= 15 is 0 Å². The minimum Gasteiger partial charge on any atom is -0.144 e. The minimum absolute atomic E-state index is 1.20. The number of hydrogen-bond donors (Lipinski definition) is 0. The largest absolute Gasteiger partial charge is 0.144 e. The van der Waals surface area contributed by atoms with Crippen LogP contribution in [-0.4, -0.2) is 8.07 Å². The van der Waals surface area contributed by atoms with Gasteiger partial charge in [-0.3, -0.25) is 0 Å². The molecule has 0 atom stereocenters. The quantitative estimate of drug-likeness (QED) is 0.310. The third kappa shape index (κ3) is 3.24. The molecule has 0 N–H and O–H groups in total. The van der Waals surface area contributed by atoms with Crippen LogP contribution in [0.2, 0.25) is 19.6 Å². The first kappa shape index (κ1) is 16.5. The average Bonchev–Trinajstić information content (AvgIpc) is 3.31. The van der Waals surface area contributed by atoms with Crippen molar-refractivity contribution in [1.82, 2.24) is 0 Å². The van der Waals surface area contributed by atoms with Crippen LogP contribution < -0.4 is 4.50 Å². The minimum atomic E-state index is -1.20. The predicted molar refractivity (Wildman–Crippen MR) is 117 cm³/mol. The van der Waals surface area contributed by atoms with E-state index < -0.39 is 8.07 Å². The van der Waals surface area contributed by atoms with Crippen molar-refractivity contribution in [2.75, 3.05) is 0 Å². The second-order valence-corrected chi connectivity index (χ2v) is 16.3. The van der Waals surface area contributed by atoms with Crippen LogP contribution in [0, 0.1) is 0 Å². The van der Waals surface area contributed by atoms with Gasteiger partial charge in [0.1, 0.15) is 0 Å². The molecule has 0 saturated carbocycles. The zero-order valence-electron chi connectivity index (χ0n) is 13.8. The summed E-state index contributed by atoms with van der Waals surface area (Å²) in [5.41, 5.74) is 0. The van der Waals surface area contributed by atoms with E-state index in [9.17, 15) is 0 Å². The first-order valence-electron chi connectivity index (χ1n) is 7.85. The van der Waals surface area contributed by atoms with E-state index in [0.29, 0.717) is 0 Å². The Kier molecular flexibility index (Phi) is 4.39. The molecule has 0 fully saturated rings. The van der Waals surface area contributed by atoms with Gasteiger partial charge in [0.15, 0.2) is 0 Å². The van der Waals surface area contributed by atoms with Gasteiger partial charge in [-0.05, 0) is 46.3 Å². The molecule has 4 aromatic rings. The fourth-order valence-electron chi connectivity index (χ4n) is 2.50. The van der Waals surface area contributed by atoms with E-state index in [-0.39, 0.29) is 0 Å². The smallest absolute Gasteiger partial charge is 0.0904 e. The maximum absolute atomic E-state index is 2.42. The lowest BCUT2D eigenvalue weighted by atomic mass is 10.3. The molecule has 4 aromatic heterocycles. The molecule has 5 heteroatoms. The van der Waals surface area contributed by atoms with Gasteiger partial charge in [0.05, 0.1) is 8.07 Å². The van der Waals surface area contributed by atoms with Crippen molar-refractivity contribution < 1.29 is 0 Å². The second-order valence-electron chi connectivity index (χ2n) is 6.72. The maximum atomic E-state index is 2.42. The molecule has 0 radical (unpaired) electrons. The lowest BCUT2D eigenvalue weighted by molar-refractivity contribution is 1.79. The number of rotatable bonds is 4. The fraction of sp³-hybridized carbons (Fsp3) is 0.158. The zero-order chi connectivity index (χ0) is 16.7. The third-order valence-electron chi connectivity index (χ3n) is 3.81. The SMILES string of the molecule is C[Si](C)(C)c1ccc(-c2ccc(-c3ccc(-c4cccs4)s3)s2)s1. The molecule has 24 heavy (non-hydrogen) atoms. The summed E-state index contributed by atoms with van der Waals surface area (Å²) < 4.78 is 1.59. The van der Waals surface area contributed by atoms with Gasteiger partial charge < -0.3 is 0 Å². The van der Waals surface area contributed by atoms with E-state index in [1.807, 2.05) is 45.3 Å². The highest BCUT2D eigenvalue weighted by Crippen LogP contribution is 2.41. The van der Waals surface area contributed by atoms with Crippen LogP contribution in [0.4, 0.5) is 0 Å². The lowest BCUT2D eigenvalue weighted by Crippen LogP contribution is -2.34. The highest BCUT2D eigenvalue weighted by atomic mass is 32.1. The summed E-state index contributed by atoms with van der Waals surface area (Å²) >= 11 is 7.60. The van der Waals surface area contributed by atoms with Crippen molar-refractivity contribution in [1.29, 1.82) is 0 Å². The zero-order valence-corrected chi connectivity index (χ0v) is 18.1. The van der Waals surface area contributed by atoms with Crippen LogP contribution in [0.3, 0.4) is 0 Å². The molecule has 4 heterocycles. The summed E-state index contributed by atoms with van der Waals surface area (Å²) in [6.45, 7) is 7.25. The van der Waals surface area contributed by atoms with Crippen molar-refractivity contribution >= 4 is 57.9 Å². The highest BCUT2D eigenvalue weighted by Gasteiger charge is 2.19. The van der Waals surface area contributed by atoms with Gasteiger partial charge in [0, 0.05) is 29.3 Å². The fourth-order valence-corrected chi connectivity index (χ4v) is 8.42. The normalized spacial score (nSPS) is 12.0. The molecular weight excluding hydrogens is 385 g/mol. The van der Waals surface area contributed by atoms with Crippen molar-refractivity contribution in [3.8, 4) is 29.3 Å². The topological polar surface area (TPSA) is 0 Å². The highest BCUT2D eigenvalue weighted by molar-refractivity contribution is 7.32. The van der Waals surface area contributed by atoms with Gasteiger partial charge >= 0.3 is 0 Å². The third-order valence-corrected chi connectivity index (χ3v) is 12.1. The van der Waals surface area contributed by atoms with Crippen LogP contribution in [0.25, 0.3) is 29.3 Å². The van der Waals surface area contributed by atoms with Crippen LogP contribution in [0.15, 0.2) is 53.9 Å². The number of hydrogen-bond acceptors (Lipinski definition) is 4. The van der Waals surface area contributed by atoms with E-state index in [1.165, 1.54) is 29.3 Å². The summed E-state index contributed by atoms with van der Waals surface area (Å²) in [6, 6.07) is 18.0. The van der Waals surface area contributed by atoms with Gasteiger partial charge in [-0.15, -0.1) is 45.3 Å². The Hall–Kier alpha value is -0.983. The molecule has 0 bridgehead atoms. The first-order valence-corrected chi connectivity index (χ1v) is 14.7. The second kappa shape index (κ2) is 6.39. The van der Waals surface area contributed by atoms with E-state index in [4.69, 9.17) is 0 Å². The van der Waals surface area contributed by atoms with Crippen molar-refractivity contribution in [3.05, 3.63) is 53.9 Å². The lowest BCUT2D eigenvalue weighted by Gasteiger charge is -2.12. The predicted octanol–water partition coefficient (Wildman–Crippen LogP) is 7.48. The van der Waals surface area contributed by atoms with Gasteiger partial charge in [0.2, 0.25) is 0 Å². The molecule has 4 rings (SSSR count). The van der Waals surface area contributed by atoms with Crippen LogP contribution in [0.1, 0.15) is 0 Å². The molecule has 0 aliphatic carbocycles. The Bertz CT molecular complexity index is 948. The van der Waals surface area contributed by atoms with Crippen LogP contribution in [-0.2, 0) is 0 Å². The van der Waals surface area contributed by atoms with Gasteiger partial charge in [-0.2, -0.15) is 0 Å². The van der Waals surface area contributed by atoms with E-state index in [2.05, 4.69) is 73.6 Å². The molecule has 0 unspecified atom stereocenters. The summed E-state index contributed by atoms with van der Waals surface area (Å²) in [5.74, 6) is 0. The van der Waals surface area contributed by atoms with Gasteiger partial charge in [-0.1, -0.05) is 31.8 Å². The molecule has 0 aliphatic rings. The van der Waals surface area contributed by atoms with Gasteiger partial charge in [-0.25, -0.2) is 0 Å². The Morgan fingerprint density at radius 2 is 1.08 bits per heavy atom. The molecule has 0 aromatic carbocycles. The molecular formula is C19H18S4Si. The molecule has 122 valence electrons. The molecule has 0 saturated heterocycles. The number of thiophene rings is 4. The Morgan fingerprint density at radius 3 is 1.54 bits per heavy atom. The van der Waals surface area contributed by atoms with Crippen LogP contribution >= 0.6 is 45.3 Å².